The van der Waals surface area contributed by atoms with Crippen LogP contribution in [-0.4, -0.2) is 9.55 Å². The SMILES string of the molecule is Cc1ccccc1C1=CCC(c2ccc3c(c2)ncn3C(C)C)=C1. The normalized spacial score (nSPS) is 14.3. The van der Waals surface area contributed by atoms with E-state index in [1.165, 1.54) is 33.4 Å². The first kappa shape index (κ1) is 14.9. The lowest BCUT2D eigenvalue weighted by molar-refractivity contribution is 0.617. The van der Waals surface area contributed by atoms with Crippen LogP contribution in [0.4, 0.5) is 0 Å². The van der Waals surface area contributed by atoms with Crippen molar-refractivity contribution in [3.8, 4) is 0 Å². The molecular formula is C22H22N2. The Balaban J connectivity index is 1.69. The maximum Gasteiger partial charge on any atom is 0.0960 e. The van der Waals surface area contributed by atoms with Gasteiger partial charge in [-0.25, -0.2) is 4.98 Å². The van der Waals surface area contributed by atoms with Gasteiger partial charge >= 0.3 is 0 Å². The minimum atomic E-state index is 0.431. The van der Waals surface area contributed by atoms with E-state index in [-0.39, 0.29) is 0 Å². The van der Waals surface area contributed by atoms with Crippen LogP contribution < -0.4 is 0 Å². The van der Waals surface area contributed by atoms with Crippen molar-refractivity contribution in [3.05, 3.63) is 77.6 Å². The van der Waals surface area contributed by atoms with E-state index in [1.807, 2.05) is 6.33 Å². The molecule has 1 aliphatic rings. The van der Waals surface area contributed by atoms with Gasteiger partial charge in [0.05, 0.1) is 17.4 Å². The molecular weight excluding hydrogens is 292 g/mol. The third-order valence-electron chi connectivity index (χ3n) is 4.83. The Kier molecular flexibility index (Phi) is 3.61. The monoisotopic (exact) mass is 314 g/mol. The zero-order valence-electron chi connectivity index (χ0n) is 14.5. The molecule has 1 aliphatic carbocycles. The smallest absolute Gasteiger partial charge is 0.0960 e. The zero-order valence-corrected chi connectivity index (χ0v) is 14.5. The highest BCUT2D eigenvalue weighted by atomic mass is 15.1. The van der Waals surface area contributed by atoms with Crippen LogP contribution in [0.15, 0.2) is 60.9 Å². The molecule has 0 spiro atoms. The predicted octanol–water partition coefficient (Wildman–Crippen LogP) is 5.80. The second-order valence-corrected chi connectivity index (χ2v) is 6.80. The molecule has 4 rings (SSSR count). The van der Waals surface area contributed by atoms with E-state index in [4.69, 9.17) is 0 Å². The van der Waals surface area contributed by atoms with E-state index in [0.717, 1.165) is 11.9 Å². The van der Waals surface area contributed by atoms with Gasteiger partial charge in [0.1, 0.15) is 0 Å². The minimum Gasteiger partial charge on any atom is -0.328 e. The summed E-state index contributed by atoms with van der Waals surface area (Å²) in [5, 5.41) is 0. The van der Waals surface area contributed by atoms with Gasteiger partial charge in [0.25, 0.3) is 0 Å². The first-order chi connectivity index (χ1) is 11.6. The largest absolute Gasteiger partial charge is 0.328 e. The lowest BCUT2D eigenvalue weighted by Gasteiger charge is -2.08. The summed E-state index contributed by atoms with van der Waals surface area (Å²) >= 11 is 0. The molecule has 3 aromatic rings. The number of hydrogen-bond acceptors (Lipinski definition) is 1. The number of allylic oxidation sites excluding steroid dienone is 4. The Morgan fingerprint density at radius 2 is 1.92 bits per heavy atom. The fourth-order valence-electron chi connectivity index (χ4n) is 3.45. The summed E-state index contributed by atoms with van der Waals surface area (Å²) in [6.45, 7) is 6.55. The summed E-state index contributed by atoms with van der Waals surface area (Å²) in [6, 6.07) is 15.7. The van der Waals surface area contributed by atoms with Gasteiger partial charge in [0.15, 0.2) is 0 Å². The van der Waals surface area contributed by atoms with Gasteiger partial charge in [-0.1, -0.05) is 42.5 Å². The molecule has 0 unspecified atom stereocenters. The van der Waals surface area contributed by atoms with Gasteiger partial charge in [-0.15, -0.1) is 0 Å². The summed E-state index contributed by atoms with van der Waals surface area (Å²) in [5.74, 6) is 0. The second kappa shape index (κ2) is 5.79. The fourth-order valence-corrected chi connectivity index (χ4v) is 3.45. The standard InChI is InChI=1S/C22H22N2/c1-15(2)24-14-23-21-13-18(10-11-22(21)24)17-8-9-19(12-17)20-7-5-4-6-16(20)3/h4-7,9-15H,8H2,1-3H3. The number of fused-ring (bicyclic) bond motifs is 1. The van der Waals surface area contributed by atoms with Gasteiger partial charge < -0.3 is 4.57 Å². The molecule has 0 amide bonds. The van der Waals surface area contributed by atoms with Crippen LogP contribution in [0, 0.1) is 6.92 Å². The molecule has 2 aromatic carbocycles. The minimum absolute atomic E-state index is 0.431. The molecule has 2 nitrogen and oxygen atoms in total. The van der Waals surface area contributed by atoms with E-state index < -0.39 is 0 Å². The van der Waals surface area contributed by atoms with E-state index in [9.17, 15) is 0 Å². The predicted molar refractivity (Wildman–Crippen MR) is 102 cm³/mol. The van der Waals surface area contributed by atoms with Crippen molar-refractivity contribution in [2.24, 2.45) is 0 Å². The van der Waals surface area contributed by atoms with E-state index in [2.05, 4.69) is 84.9 Å². The van der Waals surface area contributed by atoms with Gasteiger partial charge in [0.2, 0.25) is 0 Å². The summed E-state index contributed by atoms with van der Waals surface area (Å²) < 4.78 is 2.22. The van der Waals surface area contributed by atoms with E-state index in [1.54, 1.807) is 0 Å². The first-order valence-electron chi connectivity index (χ1n) is 8.57. The number of nitrogens with zero attached hydrogens (tertiary/aromatic N) is 2. The van der Waals surface area contributed by atoms with Crippen molar-refractivity contribution in [2.45, 2.75) is 33.2 Å². The summed E-state index contributed by atoms with van der Waals surface area (Å²) in [5.41, 5.74) is 8.91. The van der Waals surface area contributed by atoms with Crippen molar-refractivity contribution in [3.63, 3.8) is 0 Å². The molecule has 1 aromatic heterocycles. The lowest BCUT2D eigenvalue weighted by Crippen LogP contribution is -1.97. The lowest BCUT2D eigenvalue weighted by atomic mass is 10.0. The molecule has 0 bridgehead atoms. The molecule has 0 saturated heterocycles. The average molecular weight is 314 g/mol. The number of hydrogen-bond donors (Lipinski definition) is 0. The highest BCUT2D eigenvalue weighted by Gasteiger charge is 2.13. The molecule has 0 saturated carbocycles. The molecule has 24 heavy (non-hydrogen) atoms. The Labute approximate surface area is 143 Å². The molecule has 0 radical (unpaired) electrons. The molecule has 120 valence electrons. The Bertz CT molecular complexity index is 971. The van der Waals surface area contributed by atoms with Crippen molar-refractivity contribution >= 4 is 22.2 Å². The molecule has 0 atom stereocenters. The van der Waals surface area contributed by atoms with Crippen LogP contribution in [0.1, 0.15) is 43.0 Å². The van der Waals surface area contributed by atoms with Crippen molar-refractivity contribution < 1.29 is 0 Å². The molecule has 0 fully saturated rings. The highest BCUT2D eigenvalue weighted by molar-refractivity contribution is 5.92. The average Bonchev–Trinajstić information content (AvgIpc) is 3.21. The Morgan fingerprint density at radius 3 is 2.71 bits per heavy atom. The van der Waals surface area contributed by atoms with Crippen LogP contribution in [0.25, 0.3) is 22.2 Å². The number of rotatable bonds is 3. The van der Waals surface area contributed by atoms with Crippen molar-refractivity contribution in [1.82, 2.24) is 9.55 Å². The second-order valence-electron chi connectivity index (χ2n) is 6.80. The van der Waals surface area contributed by atoms with Crippen molar-refractivity contribution in [2.75, 3.05) is 0 Å². The maximum absolute atomic E-state index is 4.58. The molecule has 1 heterocycles. The van der Waals surface area contributed by atoms with Crippen LogP contribution in [0.2, 0.25) is 0 Å². The van der Waals surface area contributed by atoms with Gasteiger partial charge in [-0.2, -0.15) is 0 Å². The summed E-state index contributed by atoms with van der Waals surface area (Å²) in [7, 11) is 0. The third-order valence-corrected chi connectivity index (χ3v) is 4.83. The third kappa shape index (κ3) is 2.48. The zero-order chi connectivity index (χ0) is 16.7. The van der Waals surface area contributed by atoms with Crippen molar-refractivity contribution in [1.29, 1.82) is 0 Å². The van der Waals surface area contributed by atoms with Crippen LogP contribution in [0.5, 0.6) is 0 Å². The Morgan fingerprint density at radius 1 is 1.08 bits per heavy atom. The Hall–Kier alpha value is -2.61. The van der Waals surface area contributed by atoms with Gasteiger partial charge in [-0.3, -0.25) is 0 Å². The fraction of sp³-hybridized carbons (Fsp3) is 0.227. The van der Waals surface area contributed by atoms with Crippen LogP contribution in [0.3, 0.4) is 0 Å². The quantitative estimate of drug-likeness (QED) is 0.597. The maximum atomic E-state index is 4.58. The van der Waals surface area contributed by atoms with E-state index in [0.29, 0.717) is 6.04 Å². The van der Waals surface area contributed by atoms with Crippen LogP contribution in [-0.2, 0) is 0 Å². The summed E-state index contributed by atoms with van der Waals surface area (Å²) in [4.78, 5) is 4.58. The molecule has 0 N–H and O–H groups in total. The first-order valence-corrected chi connectivity index (χ1v) is 8.57. The molecule has 2 heteroatoms. The highest BCUT2D eigenvalue weighted by Crippen LogP contribution is 2.34. The summed E-state index contributed by atoms with van der Waals surface area (Å²) in [6.07, 6.45) is 7.58. The van der Waals surface area contributed by atoms with Gasteiger partial charge in [0, 0.05) is 6.04 Å². The topological polar surface area (TPSA) is 17.8 Å². The van der Waals surface area contributed by atoms with E-state index >= 15 is 0 Å². The number of imidazole rings is 1. The number of benzene rings is 2. The van der Waals surface area contributed by atoms with Gasteiger partial charge in [-0.05, 0) is 67.2 Å². The molecule has 0 aliphatic heterocycles. The number of aryl methyl sites for hydroxylation is 1. The van der Waals surface area contributed by atoms with Crippen LogP contribution >= 0.6 is 0 Å². The number of aromatic nitrogens is 2.